The van der Waals surface area contributed by atoms with Crippen molar-refractivity contribution < 1.29 is 14.6 Å². The molecule has 0 atom stereocenters. The molecular weight excluding hydrogens is 256 g/mol. The molecule has 5 nitrogen and oxygen atoms in total. The minimum Gasteiger partial charge on any atom is -0.493 e. The van der Waals surface area contributed by atoms with Crippen LogP contribution in [0, 0.1) is 0 Å². The van der Waals surface area contributed by atoms with Crippen molar-refractivity contribution in [3.8, 4) is 5.75 Å². The SMILES string of the molecule is COc1cnn(C(C)C)c1C(=O)C1(O)CCCCCC1. The van der Waals surface area contributed by atoms with Crippen molar-refractivity contribution >= 4 is 5.78 Å². The first kappa shape index (κ1) is 15.0. The average Bonchev–Trinajstić information content (AvgIpc) is 2.73. The lowest BCUT2D eigenvalue weighted by Crippen LogP contribution is -2.39. The van der Waals surface area contributed by atoms with Gasteiger partial charge in [0.25, 0.3) is 0 Å². The van der Waals surface area contributed by atoms with E-state index in [4.69, 9.17) is 4.74 Å². The van der Waals surface area contributed by atoms with Crippen LogP contribution in [0.5, 0.6) is 5.75 Å². The smallest absolute Gasteiger partial charge is 0.216 e. The van der Waals surface area contributed by atoms with Crippen LogP contribution in [0.3, 0.4) is 0 Å². The second-order valence-corrected chi connectivity index (χ2v) is 5.87. The Labute approximate surface area is 119 Å². The molecule has 0 radical (unpaired) electrons. The molecule has 0 unspecified atom stereocenters. The predicted octanol–water partition coefficient (Wildman–Crippen LogP) is 2.74. The number of Topliss-reactive ketones (excluding diaryl/α,β-unsaturated/α-hetero) is 1. The molecule has 1 aliphatic carbocycles. The number of ketones is 1. The van der Waals surface area contributed by atoms with Crippen LogP contribution in [0.2, 0.25) is 0 Å². The Morgan fingerprint density at radius 1 is 1.35 bits per heavy atom. The third-order valence-corrected chi connectivity index (χ3v) is 4.04. The number of carbonyl (C=O) groups is 1. The van der Waals surface area contributed by atoms with Gasteiger partial charge in [-0.25, -0.2) is 0 Å². The summed E-state index contributed by atoms with van der Waals surface area (Å²) < 4.78 is 6.89. The zero-order valence-electron chi connectivity index (χ0n) is 12.6. The summed E-state index contributed by atoms with van der Waals surface area (Å²) in [6.45, 7) is 3.92. The van der Waals surface area contributed by atoms with Crippen LogP contribution >= 0.6 is 0 Å². The topological polar surface area (TPSA) is 64.4 Å². The zero-order chi connectivity index (χ0) is 14.8. The van der Waals surface area contributed by atoms with Crippen molar-refractivity contribution in [3.05, 3.63) is 11.9 Å². The van der Waals surface area contributed by atoms with E-state index >= 15 is 0 Å². The fourth-order valence-corrected chi connectivity index (χ4v) is 2.86. The Hall–Kier alpha value is -1.36. The summed E-state index contributed by atoms with van der Waals surface area (Å²) in [5.41, 5.74) is -0.872. The largest absolute Gasteiger partial charge is 0.493 e. The van der Waals surface area contributed by atoms with Gasteiger partial charge in [-0.1, -0.05) is 25.7 Å². The summed E-state index contributed by atoms with van der Waals surface area (Å²) in [5.74, 6) is 0.198. The lowest BCUT2D eigenvalue weighted by atomic mass is 9.88. The molecule has 0 aromatic carbocycles. The van der Waals surface area contributed by atoms with Crippen molar-refractivity contribution in [2.75, 3.05) is 7.11 Å². The highest BCUT2D eigenvalue weighted by Crippen LogP contribution is 2.33. The summed E-state index contributed by atoms with van der Waals surface area (Å²) in [5, 5.41) is 15.0. The summed E-state index contributed by atoms with van der Waals surface area (Å²) >= 11 is 0. The number of methoxy groups -OCH3 is 1. The maximum atomic E-state index is 12.8. The molecule has 0 saturated heterocycles. The Morgan fingerprint density at radius 2 is 1.95 bits per heavy atom. The van der Waals surface area contributed by atoms with Crippen molar-refractivity contribution in [2.45, 2.75) is 64.0 Å². The normalized spacial score (nSPS) is 18.9. The van der Waals surface area contributed by atoms with Gasteiger partial charge < -0.3 is 9.84 Å². The van der Waals surface area contributed by atoms with Gasteiger partial charge in [0.15, 0.2) is 5.75 Å². The van der Waals surface area contributed by atoms with E-state index in [9.17, 15) is 9.90 Å². The number of aromatic nitrogens is 2. The minimum atomic E-state index is -1.27. The monoisotopic (exact) mass is 280 g/mol. The molecule has 2 rings (SSSR count). The van der Waals surface area contributed by atoms with Crippen LogP contribution in [0.1, 0.15) is 68.9 Å². The lowest BCUT2D eigenvalue weighted by Gasteiger charge is -2.26. The number of hydrogen-bond acceptors (Lipinski definition) is 4. The summed E-state index contributed by atoms with van der Waals surface area (Å²) in [4.78, 5) is 12.8. The van der Waals surface area contributed by atoms with Gasteiger partial charge in [0.05, 0.1) is 13.3 Å². The number of hydrogen-bond donors (Lipinski definition) is 1. The molecule has 112 valence electrons. The number of carbonyl (C=O) groups excluding carboxylic acids is 1. The van der Waals surface area contributed by atoms with Gasteiger partial charge in [0.2, 0.25) is 5.78 Å². The molecule has 1 heterocycles. The molecule has 1 aromatic heterocycles. The molecule has 1 N–H and O–H groups in total. The van der Waals surface area contributed by atoms with E-state index in [0.29, 0.717) is 24.3 Å². The molecule has 5 heteroatoms. The molecule has 1 aromatic rings. The van der Waals surface area contributed by atoms with E-state index in [1.165, 1.54) is 7.11 Å². The highest BCUT2D eigenvalue weighted by molar-refractivity contribution is 6.03. The quantitative estimate of drug-likeness (QED) is 0.680. The number of ether oxygens (including phenoxy) is 1. The molecule has 1 aliphatic rings. The molecular formula is C15H24N2O3. The summed E-state index contributed by atoms with van der Waals surface area (Å²) in [6.07, 6.45) is 6.54. The Morgan fingerprint density at radius 3 is 2.45 bits per heavy atom. The second kappa shape index (κ2) is 5.95. The number of aliphatic hydroxyl groups is 1. The molecule has 1 fully saturated rings. The van der Waals surface area contributed by atoms with Crippen LogP contribution in [0.15, 0.2) is 6.20 Å². The van der Waals surface area contributed by atoms with Crippen LogP contribution < -0.4 is 4.74 Å². The molecule has 0 bridgehead atoms. The number of nitrogens with zero attached hydrogens (tertiary/aromatic N) is 2. The van der Waals surface area contributed by atoms with Crippen molar-refractivity contribution in [3.63, 3.8) is 0 Å². The van der Waals surface area contributed by atoms with E-state index in [0.717, 1.165) is 25.7 Å². The maximum absolute atomic E-state index is 12.8. The first-order chi connectivity index (χ1) is 9.49. The third kappa shape index (κ3) is 2.73. The zero-order valence-corrected chi connectivity index (χ0v) is 12.6. The Balaban J connectivity index is 2.38. The van der Waals surface area contributed by atoms with Crippen LogP contribution in [0.25, 0.3) is 0 Å². The highest BCUT2D eigenvalue weighted by Gasteiger charge is 2.40. The van der Waals surface area contributed by atoms with E-state index in [-0.39, 0.29) is 11.8 Å². The highest BCUT2D eigenvalue weighted by atomic mass is 16.5. The second-order valence-electron chi connectivity index (χ2n) is 5.87. The Bertz CT molecular complexity index is 471. The molecule has 20 heavy (non-hydrogen) atoms. The van der Waals surface area contributed by atoms with Crippen molar-refractivity contribution in [2.24, 2.45) is 0 Å². The van der Waals surface area contributed by atoms with Crippen LogP contribution in [-0.4, -0.2) is 33.4 Å². The maximum Gasteiger partial charge on any atom is 0.216 e. The van der Waals surface area contributed by atoms with E-state index in [1.54, 1.807) is 10.9 Å². The summed E-state index contributed by atoms with van der Waals surface area (Å²) in [6, 6.07) is 0.0484. The van der Waals surface area contributed by atoms with E-state index < -0.39 is 5.60 Å². The average molecular weight is 280 g/mol. The number of rotatable bonds is 4. The van der Waals surface area contributed by atoms with Gasteiger partial charge in [-0.15, -0.1) is 0 Å². The minimum absolute atomic E-state index is 0.0484. The van der Waals surface area contributed by atoms with E-state index in [2.05, 4.69) is 5.10 Å². The molecule has 0 amide bonds. The van der Waals surface area contributed by atoms with Gasteiger partial charge in [0, 0.05) is 6.04 Å². The fourth-order valence-electron chi connectivity index (χ4n) is 2.86. The first-order valence-corrected chi connectivity index (χ1v) is 7.38. The van der Waals surface area contributed by atoms with Gasteiger partial charge in [0.1, 0.15) is 11.3 Å². The fraction of sp³-hybridized carbons (Fsp3) is 0.733. The van der Waals surface area contributed by atoms with Gasteiger partial charge in [-0.2, -0.15) is 5.10 Å². The third-order valence-electron chi connectivity index (χ3n) is 4.04. The van der Waals surface area contributed by atoms with Crippen LogP contribution in [-0.2, 0) is 0 Å². The van der Waals surface area contributed by atoms with Gasteiger partial charge in [-0.05, 0) is 26.7 Å². The first-order valence-electron chi connectivity index (χ1n) is 7.38. The summed E-state index contributed by atoms with van der Waals surface area (Å²) in [7, 11) is 1.52. The molecule has 0 aliphatic heterocycles. The Kier molecular flexibility index (Phi) is 4.48. The lowest BCUT2D eigenvalue weighted by molar-refractivity contribution is 0.0223. The van der Waals surface area contributed by atoms with Crippen molar-refractivity contribution in [1.82, 2.24) is 9.78 Å². The standard InChI is InChI=1S/C15H24N2O3/c1-11(2)17-13(12(20-3)10-16-17)14(18)15(19)8-6-4-5-7-9-15/h10-11,19H,4-9H2,1-3H3. The van der Waals surface area contributed by atoms with Gasteiger partial charge >= 0.3 is 0 Å². The van der Waals surface area contributed by atoms with Crippen LogP contribution in [0.4, 0.5) is 0 Å². The molecule has 1 saturated carbocycles. The van der Waals surface area contributed by atoms with Crippen molar-refractivity contribution in [1.29, 1.82) is 0 Å². The van der Waals surface area contributed by atoms with E-state index in [1.807, 2.05) is 13.8 Å². The molecule has 0 spiro atoms. The predicted molar refractivity (Wildman–Crippen MR) is 76.1 cm³/mol. The van der Waals surface area contributed by atoms with Gasteiger partial charge in [-0.3, -0.25) is 9.48 Å².